The van der Waals surface area contributed by atoms with Crippen LogP contribution in [0.15, 0.2) is 35.9 Å². The van der Waals surface area contributed by atoms with E-state index in [0.717, 1.165) is 0 Å². The SMILES string of the molecule is COC(=O)C(c1ccccc1Cl)N1C/C(=C\C(=O)O)CC(S)C1. The Morgan fingerprint density at radius 2 is 2.17 bits per heavy atom. The van der Waals surface area contributed by atoms with Gasteiger partial charge in [-0.2, -0.15) is 12.6 Å². The number of piperidine rings is 1. The van der Waals surface area contributed by atoms with Crippen LogP contribution < -0.4 is 0 Å². The number of aliphatic carboxylic acids is 1. The molecule has 1 saturated heterocycles. The van der Waals surface area contributed by atoms with Gasteiger partial charge >= 0.3 is 11.9 Å². The Morgan fingerprint density at radius 1 is 1.48 bits per heavy atom. The minimum absolute atomic E-state index is 0.0657. The van der Waals surface area contributed by atoms with Gasteiger partial charge in [0.1, 0.15) is 6.04 Å². The smallest absolute Gasteiger partial charge is 0.328 e. The summed E-state index contributed by atoms with van der Waals surface area (Å²) in [4.78, 5) is 25.1. The van der Waals surface area contributed by atoms with Crippen molar-refractivity contribution in [1.82, 2.24) is 4.90 Å². The van der Waals surface area contributed by atoms with Crippen LogP contribution in [0.2, 0.25) is 5.02 Å². The molecule has 1 aliphatic heterocycles. The van der Waals surface area contributed by atoms with Gasteiger partial charge in [-0.15, -0.1) is 0 Å². The van der Waals surface area contributed by atoms with Crippen molar-refractivity contribution in [2.75, 3.05) is 20.2 Å². The number of carbonyl (C=O) groups is 2. The van der Waals surface area contributed by atoms with Crippen LogP contribution >= 0.6 is 24.2 Å². The number of carbonyl (C=O) groups excluding carboxylic acids is 1. The summed E-state index contributed by atoms with van der Waals surface area (Å²) in [6.07, 6.45) is 1.75. The van der Waals surface area contributed by atoms with E-state index < -0.39 is 18.0 Å². The number of ether oxygens (including phenoxy) is 1. The van der Waals surface area contributed by atoms with Crippen LogP contribution in [-0.4, -0.2) is 47.4 Å². The number of carboxylic acids is 1. The Balaban J connectivity index is 2.37. The van der Waals surface area contributed by atoms with Gasteiger partial charge in [0.15, 0.2) is 0 Å². The van der Waals surface area contributed by atoms with Crippen molar-refractivity contribution in [1.29, 1.82) is 0 Å². The molecule has 5 nitrogen and oxygen atoms in total. The van der Waals surface area contributed by atoms with E-state index >= 15 is 0 Å². The molecule has 2 atom stereocenters. The van der Waals surface area contributed by atoms with E-state index in [2.05, 4.69) is 12.6 Å². The Kier molecular flexibility index (Phi) is 6.10. The maximum absolute atomic E-state index is 12.3. The van der Waals surface area contributed by atoms with E-state index in [1.807, 2.05) is 4.90 Å². The molecular formula is C16H18ClNO4S. The molecule has 0 spiro atoms. The predicted octanol–water partition coefficient (Wildman–Crippen LogP) is 2.57. The van der Waals surface area contributed by atoms with Gasteiger partial charge in [0, 0.05) is 29.4 Å². The zero-order valence-electron chi connectivity index (χ0n) is 12.6. The quantitative estimate of drug-likeness (QED) is 0.493. The highest BCUT2D eigenvalue weighted by atomic mass is 35.5. The number of rotatable bonds is 4. The molecule has 1 N–H and O–H groups in total. The molecule has 0 saturated carbocycles. The number of esters is 1. The zero-order chi connectivity index (χ0) is 17.0. The molecule has 2 unspecified atom stereocenters. The molecule has 0 radical (unpaired) electrons. The molecule has 0 bridgehead atoms. The van der Waals surface area contributed by atoms with Gasteiger partial charge in [-0.1, -0.05) is 29.8 Å². The Hall–Kier alpha value is -1.50. The Bertz CT molecular complexity index is 634. The van der Waals surface area contributed by atoms with Gasteiger partial charge in [0.2, 0.25) is 0 Å². The topological polar surface area (TPSA) is 66.8 Å². The molecule has 1 aromatic rings. The van der Waals surface area contributed by atoms with E-state index in [4.69, 9.17) is 21.4 Å². The van der Waals surface area contributed by atoms with Gasteiger partial charge in [-0.25, -0.2) is 9.59 Å². The molecule has 1 fully saturated rings. The lowest BCUT2D eigenvalue weighted by atomic mass is 9.98. The van der Waals surface area contributed by atoms with E-state index in [1.165, 1.54) is 13.2 Å². The molecule has 7 heteroatoms. The van der Waals surface area contributed by atoms with Crippen molar-refractivity contribution >= 4 is 36.2 Å². The molecule has 1 heterocycles. The standard InChI is InChI=1S/C16H18ClNO4S/c1-22-16(21)15(12-4-2-3-5-13(12)17)18-8-10(7-14(19)20)6-11(23)9-18/h2-5,7,11,15,23H,6,8-9H2,1H3,(H,19,20)/b10-7-. The monoisotopic (exact) mass is 355 g/mol. The van der Waals surface area contributed by atoms with Gasteiger partial charge in [0.05, 0.1) is 7.11 Å². The largest absolute Gasteiger partial charge is 0.478 e. The summed E-state index contributed by atoms with van der Waals surface area (Å²) in [7, 11) is 1.32. The lowest BCUT2D eigenvalue weighted by Crippen LogP contribution is -2.43. The number of halogens is 1. The number of benzene rings is 1. The number of hydrogen-bond donors (Lipinski definition) is 2. The summed E-state index contributed by atoms with van der Waals surface area (Å²) >= 11 is 10.7. The fourth-order valence-electron chi connectivity index (χ4n) is 2.78. The van der Waals surface area contributed by atoms with Crippen molar-refractivity contribution in [2.45, 2.75) is 17.7 Å². The first-order valence-corrected chi connectivity index (χ1v) is 7.98. The number of likely N-dealkylation sites (tertiary alicyclic amines) is 1. The summed E-state index contributed by atoms with van der Waals surface area (Å²) in [5.41, 5.74) is 1.35. The van der Waals surface area contributed by atoms with Crippen molar-refractivity contribution in [3.63, 3.8) is 0 Å². The first-order valence-electron chi connectivity index (χ1n) is 7.09. The van der Waals surface area contributed by atoms with Crippen LogP contribution in [0.3, 0.4) is 0 Å². The van der Waals surface area contributed by atoms with Gasteiger partial charge in [-0.3, -0.25) is 4.90 Å². The highest BCUT2D eigenvalue weighted by Gasteiger charge is 2.34. The first kappa shape index (κ1) is 17.8. The first-order chi connectivity index (χ1) is 10.9. The van der Waals surface area contributed by atoms with Crippen LogP contribution in [0, 0.1) is 0 Å². The minimum atomic E-state index is -1.00. The zero-order valence-corrected chi connectivity index (χ0v) is 14.3. The molecule has 1 aromatic carbocycles. The van der Waals surface area contributed by atoms with Crippen molar-refractivity contribution < 1.29 is 19.4 Å². The number of thiol groups is 1. The molecule has 0 amide bonds. The van der Waals surface area contributed by atoms with Crippen molar-refractivity contribution in [3.8, 4) is 0 Å². The van der Waals surface area contributed by atoms with Crippen LogP contribution in [0.25, 0.3) is 0 Å². The van der Waals surface area contributed by atoms with E-state index in [9.17, 15) is 9.59 Å². The number of hydrogen-bond acceptors (Lipinski definition) is 5. The molecule has 0 aromatic heterocycles. The Labute approximate surface area is 145 Å². The Morgan fingerprint density at radius 3 is 2.78 bits per heavy atom. The minimum Gasteiger partial charge on any atom is -0.478 e. The molecule has 1 aliphatic rings. The number of methoxy groups -OCH3 is 1. The third-order valence-corrected chi connectivity index (χ3v) is 4.36. The summed E-state index contributed by atoms with van der Waals surface area (Å²) < 4.78 is 4.93. The molecule has 0 aliphatic carbocycles. The van der Waals surface area contributed by atoms with Crippen molar-refractivity contribution in [3.05, 3.63) is 46.5 Å². The van der Waals surface area contributed by atoms with Crippen LogP contribution in [0.1, 0.15) is 18.0 Å². The van der Waals surface area contributed by atoms with E-state index in [0.29, 0.717) is 35.7 Å². The average Bonchev–Trinajstić information content (AvgIpc) is 2.48. The third-order valence-electron chi connectivity index (χ3n) is 3.67. The second-order valence-corrected chi connectivity index (χ2v) is 6.51. The fraction of sp³-hybridized carbons (Fsp3) is 0.375. The molecule has 23 heavy (non-hydrogen) atoms. The van der Waals surface area contributed by atoms with Gasteiger partial charge < -0.3 is 9.84 Å². The maximum Gasteiger partial charge on any atom is 0.328 e. The molecule has 124 valence electrons. The number of carboxylic acid groups (broad SMARTS) is 1. The maximum atomic E-state index is 12.3. The number of nitrogens with zero attached hydrogens (tertiary/aromatic N) is 1. The predicted molar refractivity (Wildman–Crippen MR) is 90.9 cm³/mol. The summed E-state index contributed by atoms with van der Waals surface area (Å²) in [5.74, 6) is -1.44. The molecular weight excluding hydrogens is 338 g/mol. The van der Waals surface area contributed by atoms with E-state index in [-0.39, 0.29) is 5.25 Å². The van der Waals surface area contributed by atoms with Crippen LogP contribution in [0.4, 0.5) is 0 Å². The second-order valence-electron chi connectivity index (χ2n) is 5.38. The van der Waals surface area contributed by atoms with Gasteiger partial charge in [0.25, 0.3) is 0 Å². The second kappa shape index (κ2) is 7.86. The lowest BCUT2D eigenvalue weighted by molar-refractivity contribution is -0.147. The summed E-state index contributed by atoms with van der Waals surface area (Å²) in [5, 5.41) is 9.36. The van der Waals surface area contributed by atoms with E-state index in [1.54, 1.807) is 24.3 Å². The molecule has 2 rings (SSSR count). The third kappa shape index (κ3) is 4.50. The summed E-state index contributed by atoms with van der Waals surface area (Å²) in [6, 6.07) is 6.37. The van der Waals surface area contributed by atoms with Gasteiger partial charge in [-0.05, 0) is 23.6 Å². The van der Waals surface area contributed by atoms with Crippen LogP contribution in [0.5, 0.6) is 0 Å². The normalized spacial score (nSPS) is 21.9. The van der Waals surface area contributed by atoms with Crippen molar-refractivity contribution in [2.24, 2.45) is 0 Å². The highest BCUT2D eigenvalue weighted by molar-refractivity contribution is 7.81. The summed E-state index contributed by atoms with van der Waals surface area (Å²) in [6.45, 7) is 0.888. The fourth-order valence-corrected chi connectivity index (χ4v) is 3.47. The average molecular weight is 356 g/mol. The highest BCUT2D eigenvalue weighted by Crippen LogP contribution is 2.33. The van der Waals surface area contributed by atoms with Crippen LogP contribution in [-0.2, 0) is 14.3 Å². The lowest BCUT2D eigenvalue weighted by Gasteiger charge is -2.37.